The Balaban J connectivity index is 2.36. The summed E-state index contributed by atoms with van der Waals surface area (Å²) >= 11 is 0. The molecule has 0 bridgehead atoms. The number of nitrogens with zero attached hydrogens (tertiary/aromatic N) is 1. The molecule has 0 unspecified atom stereocenters. The molecule has 3 aromatic rings. The summed E-state index contributed by atoms with van der Waals surface area (Å²) in [7, 11) is 0. The van der Waals surface area contributed by atoms with Gasteiger partial charge in [-0.15, -0.1) is 0 Å². The molecule has 0 N–H and O–H groups in total. The van der Waals surface area contributed by atoms with Crippen LogP contribution >= 0.6 is 0 Å². The highest BCUT2D eigenvalue weighted by molar-refractivity contribution is 5.96. The van der Waals surface area contributed by atoms with Crippen molar-refractivity contribution in [3.05, 3.63) is 64.8 Å². The lowest BCUT2D eigenvalue weighted by Gasteiger charge is -2.13. The third-order valence-electron chi connectivity index (χ3n) is 4.09. The summed E-state index contributed by atoms with van der Waals surface area (Å²) in [6.45, 7) is 8.60. The molecule has 2 aromatic carbocycles. The summed E-state index contributed by atoms with van der Waals surface area (Å²) in [5.41, 5.74) is 7.50. The molecular formula is C19H19N. The molecule has 1 aromatic heterocycles. The van der Waals surface area contributed by atoms with Gasteiger partial charge in [-0.3, -0.25) is 4.98 Å². The second kappa shape index (κ2) is 4.75. The minimum absolute atomic E-state index is 1.09. The fraction of sp³-hybridized carbons (Fsp3) is 0.211. The number of aryl methyl sites for hydroxylation is 4. The van der Waals surface area contributed by atoms with Crippen LogP contribution in [0, 0.1) is 27.7 Å². The lowest BCUT2D eigenvalue weighted by Crippen LogP contribution is -1.93. The predicted molar refractivity (Wildman–Crippen MR) is 86.1 cm³/mol. The molecule has 1 nitrogen and oxygen atoms in total. The maximum absolute atomic E-state index is 4.71. The van der Waals surface area contributed by atoms with Crippen LogP contribution in [-0.2, 0) is 0 Å². The Hall–Kier alpha value is -2.15. The van der Waals surface area contributed by atoms with Crippen molar-refractivity contribution >= 4 is 10.8 Å². The quantitative estimate of drug-likeness (QED) is 0.591. The monoisotopic (exact) mass is 261 g/mol. The maximum atomic E-state index is 4.71. The number of fused-ring (bicyclic) bond motifs is 1. The molecule has 0 aliphatic rings. The van der Waals surface area contributed by atoms with E-state index in [1.54, 1.807) is 0 Å². The first-order chi connectivity index (χ1) is 9.58. The fourth-order valence-corrected chi connectivity index (χ4v) is 2.76. The van der Waals surface area contributed by atoms with E-state index in [9.17, 15) is 0 Å². The van der Waals surface area contributed by atoms with E-state index >= 15 is 0 Å². The van der Waals surface area contributed by atoms with E-state index in [1.807, 2.05) is 6.20 Å². The van der Waals surface area contributed by atoms with Crippen molar-refractivity contribution in [3.63, 3.8) is 0 Å². The van der Waals surface area contributed by atoms with Crippen molar-refractivity contribution in [2.75, 3.05) is 0 Å². The minimum Gasteiger partial charge on any atom is -0.255 e. The van der Waals surface area contributed by atoms with E-state index in [0.29, 0.717) is 0 Å². The smallest absolute Gasteiger partial charge is 0.0783 e. The van der Waals surface area contributed by atoms with Crippen LogP contribution in [0.4, 0.5) is 0 Å². The molecule has 0 atom stereocenters. The number of rotatable bonds is 1. The number of hydrogen-bond donors (Lipinski definition) is 0. The van der Waals surface area contributed by atoms with Gasteiger partial charge in [-0.05, 0) is 61.4 Å². The lowest BCUT2D eigenvalue weighted by atomic mass is 9.95. The number of benzene rings is 2. The molecule has 0 saturated heterocycles. The summed E-state index contributed by atoms with van der Waals surface area (Å²) < 4.78 is 0. The van der Waals surface area contributed by atoms with Gasteiger partial charge in [0.05, 0.1) is 5.69 Å². The van der Waals surface area contributed by atoms with Crippen LogP contribution in [0.5, 0.6) is 0 Å². The van der Waals surface area contributed by atoms with Gasteiger partial charge in [-0.25, -0.2) is 0 Å². The zero-order valence-corrected chi connectivity index (χ0v) is 12.5. The van der Waals surface area contributed by atoms with Crippen molar-refractivity contribution < 1.29 is 0 Å². The molecule has 1 heteroatoms. The van der Waals surface area contributed by atoms with Crippen LogP contribution in [0.3, 0.4) is 0 Å². The normalized spacial score (nSPS) is 11.0. The van der Waals surface area contributed by atoms with Gasteiger partial charge >= 0.3 is 0 Å². The molecule has 0 aliphatic heterocycles. The maximum Gasteiger partial charge on any atom is 0.0783 e. The number of aromatic nitrogens is 1. The molecular weight excluding hydrogens is 242 g/mol. The van der Waals surface area contributed by atoms with E-state index in [0.717, 1.165) is 5.69 Å². The Labute approximate surface area is 120 Å². The highest BCUT2D eigenvalue weighted by Gasteiger charge is 2.10. The van der Waals surface area contributed by atoms with Crippen LogP contribution in [-0.4, -0.2) is 4.98 Å². The largest absolute Gasteiger partial charge is 0.255 e. The molecule has 20 heavy (non-hydrogen) atoms. The average Bonchev–Trinajstić information content (AvgIpc) is 2.44. The molecule has 0 fully saturated rings. The van der Waals surface area contributed by atoms with Crippen LogP contribution in [0.2, 0.25) is 0 Å². The van der Waals surface area contributed by atoms with Gasteiger partial charge in [0, 0.05) is 17.1 Å². The first-order valence-electron chi connectivity index (χ1n) is 7.00. The molecule has 0 aliphatic carbocycles. The highest BCUT2D eigenvalue weighted by atomic mass is 14.7. The van der Waals surface area contributed by atoms with Gasteiger partial charge in [-0.1, -0.05) is 30.3 Å². The Bertz CT molecular complexity index is 800. The van der Waals surface area contributed by atoms with Gasteiger partial charge in [0.2, 0.25) is 0 Å². The summed E-state index contributed by atoms with van der Waals surface area (Å²) in [6.07, 6.45) is 1.98. The molecule has 3 rings (SSSR count). The third kappa shape index (κ3) is 2.00. The van der Waals surface area contributed by atoms with Crippen molar-refractivity contribution in [2.24, 2.45) is 0 Å². The Kier molecular flexibility index (Phi) is 3.06. The van der Waals surface area contributed by atoms with Gasteiger partial charge in [0.1, 0.15) is 0 Å². The van der Waals surface area contributed by atoms with Gasteiger partial charge in [0.25, 0.3) is 0 Å². The zero-order chi connectivity index (χ0) is 14.3. The van der Waals surface area contributed by atoms with Crippen LogP contribution in [0.1, 0.15) is 22.3 Å². The van der Waals surface area contributed by atoms with Crippen molar-refractivity contribution in [1.82, 2.24) is 4.98 Å². The predicted octanol–water partition coefficient (Wildman–Crippen LogP) is 5.14. The Morgan fingerprint density at radius 2 is 1.35 bits per heavy atom. The van der Waals surface area contributed by atoms with Crippen LogP contribution in [0.15, 0.2) is 42.6 Å². The highest BCUT2D eigenvalue weighted by Crippen LogP contribution is 2.31. The molecule has 0 saturated carbocycles. The van der Waals surface area contributed by atoms with E-state index < -0.39 is 0 Å². The van der Waals surface area contributed by atoms with E-state index in [-0.39, 0.29) is 0 Å². The van der Waals surface area contributed by atoms with Crippen molar-refractivity contribution in [1.29, 1.82) is 0 Å². The van der Waals surface area contributed by atoms with E-state index in [4.69, 9.17) is 4.98 Å². The topological polar surface area (TPSA) is 12.9 Å². The standard InChI is InChI=1S/C19H19N/c1-12-9-14(3)18(10-13(12)2)19-17-8-6-5-7-16(17)15(4)11-20-19/h5-11H,1-4H3. The summed E-state index contributed by atoms with van der Waals surface area (Å²) in [5.74, 6) is 0. The fourth-order valence-electron chi connectivity index (χ4n) is 2.76. The van der Waals surface area contributed by atoms with E-state index in [1.165, 1.54) is 38.6 Å². The number of hydrogen-bond acceptors (Lipinski definition) is 1. The molecule has 0 radical (unpaired) electrons. The van der Waals surface area contributed by atoms with Gasteiger partial charge < -0.3 is 0 Å². The lowest BCUT2D eigenvalue weighted by molar-refractivity contribution is 1.26. The first-order valence-corrected chi connectivity index (χ1v) is 7.00. The Morgan fingerprint density at radius 3 is 2.10 bits per heavy atom. The van der Waals surface area contributed by atoms with Crippen molar-refractivity contribution in [2.45, 2.75) is 27.7 Å². The van der Waals surface area contributed by atoms with Crippen LogP contribution in [0.25, 0.3) is 22.0 Å². The molecule has 100 valence electrons. The average molecular weight is 261 g/mol. The van der Waals surface area contributed by atoms with Gasteiger partial charge in [-0.2, -0.15) is 0 Å². The summed E-state index contributed by atoms with van der Waals surface area (Å²) in [5, 5.41) is 2.52. The molecule has 1 heterocycles. The minimum atomic E-state index is 1.09. The molecule has 0 amide bonds. The second-order valence-corrected chi connectivity index (χ2v) is 5.59. The Morgan fingerprint density at radius 1 is 0.700 bits per heavy atom. The zero-order valence-electron chi connectivity index (χ0n) is 12.5. The third-order valence-corrected chi connectivity index (χ3v) is 4.09. The SMILES string of the molecule is Cc1cc(C)c(-c2ncc(C)c3ccccc23)cc1C. The molecule has 0 spiro atoms. The van der Waals surface area contributed by atoms with Crippen LogP contribution < -0.4 is 0 Å². The number of pyridine rings is 1. The first kappa shape index (κ1) is 12.9. The summed E-state index contributed by atoms with van der Waals surface area (Å²) in [6, 6.07) is 13.0. The second-order valence-electron chi connectivity index (χ2n) is 5.59. The van der Waals surface area contributed by atoms with Gasteiger partial charge in [0.15, 0.2) is 0 Å². The van der Waals surface area contributed by atoms with Crippen molar-refractivity contribution in [3.8, 4) is 11.3 Å². The summed E-state index contributed by atoms with van der Waals surface area (Å²) in [4.78, 5) is 4.71. The van der Waals surface area contributed by atoms with E-state index in [2.05, 4.69) is 64.1 Å².